The van der Waals surface area contributed by atoms with Crippen molar-refractivity contribution >= 4 is 11.8 Å². The molecule has 2 N–H and O–H groups in total. The Hall–Kier alpha value is -2.92. The summed E-state index contributed by atoms with van der Waals surface area (Å²) in [6.45, 7) is 4.81. The highest BCUT2D eigenvalue weighted by Gasteiger charge is 2.59. The Morgan fingerprint density at radius 3 is 2.33 bits per heavy atom. The number of rotatable bonds is 5. The number of hydrogen-bond acceptors (Lipinski definition) is 3. The zero-order valence-electron chi connectivity index (χ0n) is 23.5. The van der Waals surface area contributed by atoms with Crippen molar-refractivity contribution < 1.29 is 14.7 Å². The van der Waals surface area contributed by atoms with Gasteiger partial charge in [0.25, 0.3) is 0 Å². The standard InChI is InChI=1S/C34H42N2O3/c1-33-19-10-15-26(33)24-16-17-28-34(2,27(24)18-20-33)21-25(32(39)36(28)3)31(38)35-29(22-11-6-4-7-12-22)30(37)23-13-8-5-9-14-23/h4-9,11-14,17,24-27,29-30,37H,10,15-16,18-21H2,1-3H3,(H,35,38)/t24-,25?,26-,27+,29?,30?,33-,34+/m0/s1. The summed E-state index contributed by atoms with van der Waals surface area (Å²) >= 11 is 0. The maximum absolute atomic E-state index is 14.0. The molecular formula is C34H42N2O3. The van der Waals surface area contributed by atoms with Crippen LogP contribution in [0.5, 0.6) is 0 Å². The number of amides is 2. The molecule has 1 aliphatic heterocycles. The zero-order chi connectivity index (χ0) is 27.4. The van der Waals surface area contributed by atoms with Crippen molar-refractivity contribution in [1.29, 1.82) is 0 Å². The molecule has 0 radical (unpaired) electrons. The summed E-state index contributed by atoms with van der Waals surface area (Å²) in [4.78, 5) is 29.4. The topological polar surface area (TPSA) is 69.6 Å². The highest BCUT2D eigenvalue weighted by Crippen LogP contribution is 2.64. The lowest BCUT2D eigenvalue weighted by molar-refractivity contribution is -0.149. The molecule has 8 atom stereocenters. The largest absolute Gasteiger partial charge is 0.386 e. The van der Waals surface area contributed by atoms with Crippen LogP contribution < -0.4 is 5.32 Å². The molecular weight excluding hydrogens is 484 g/mol. The van der Waals surface area contributed by atoms with Gasteiger partial charge in [0.2, 0.25) is 11.8 Å². The molecule has 5 nitrogen and oxygen atoms in total. The molecule has 3 aliphatic carbocycles. The van der Waals surface area contributed by atoms with E-state index in [9.17, 15) is 14.7 Å². The van der Waals surface area contributed by atoms with Crippen LogP contribution >= 0.6 is 0 Å². The maximum atomic E-state index is 14.0. The van der Waals surface area contributed by atoms with Gasteiger partial charge in [-0.1, -0.05) is 87.0 Å². The van der Waals surface area contributed by atoms with E-state index in [2.05, 4.69) is 25.2 Å². The molecule has 2 saturated carbocycles. The minimum absolute atomic E-state index is 0.141. The van der Waals surface area contributed by atoms with Crippen molar-refractivity contribution in [2.24, 2.45) is 34.5 Å². The Morgan fingerprint density at radius 2 is 1.64 bits per heavy atom. The summed E-state index contributed by atoms with van der Waals surface area (Å²) in [7, 11) is 1.85. The van der Waals surface area contributed by atoms with Gasteiger partial charge in [0.1, 0.15) is 12.0 Å². The van der Waals surface area contributed by atoms with Crippen molar-refractivity contribution in [3.05, 3.63) is 83.6 Å². The van der Waals surface area contributed by atoms with Crippen molar-refractivity contribution in [3.8, 4) is 0 Å². The molecule has 3 unspecified atom stereocenters. The third-order valence-corrected chi connectivity index (χ3v) is 11.1. The van der Waals surface area contributed by atoms with E-state index < -0.39 is 18.1 Å². The Labute approximate surface area is 232 Å². The molecule has 0 bridgehead atoms. The first kappa shape index (κ1) is 26.3. The van der Waals surface area contributed by atoms with Crippen LogP contribution in [0.25, 0.3) is 0 Å². The number of benzene rings is 2. The second kappa shape index (κ2) is 9.92. The van der Waals surface area contributed by atoms with Gasteiger partial charge in [-0.2, -0.15) is 0 Å². The number of hydrogen-bond donors (Lipinski definition) is 2. The first-order valence-electron chi connectivity index (χ1n) is 14.8. The summed E-state index contributed by atoms with van der Waals surface area (Å²) in [6, 6.07) is 18.3. The Morgan fingerprint density at radius 1 is 0.974 bits per heavy atom. The molecule has 1 heterocycles. The molecule has 2 amide bonds. The molecule has 2 aromatic rings. The second-order valence-electron chi connectivity index (χ2n) is 13.1. The fraction of sp³-hybridized carbons (Fsp3) is 0.529. The van der Waals surface area contributed by atoms with Crippen LogP contribution in [0.3, 0.4) is 0 Å². The van der Waals surface area contributed by atoms with Gasteiger partial charge in [0, 0.05) is 18.2 Å². The van der Waals surface area contributed by atoms with Gasteiger partial charge in [0.05, 0.1) is 6.04 Å². The number of carbonyl (C=O) groups excluding carboxylic acids is 2. The van der Waals surface area contributed by atoms with Crippen molar-refractivity contribution in [3.63, 3.8) is 0 Å². The minimum Gasteiger partial charge on any atom is -0.386 e. The predicted molar refractivity (Wildman–Crippen MR) is 152 cm³/mol. The molecule has 5 heteroatoms. The van der Waals surface area contributed by atoms with Crippen LogP contribution in [0.15, 0.2) is 72.4 Å². The lowest BCUT2D eigenvalue weighted by Gasteiger charge is -2.58. The van der Waals surface area contributed by atoms with Gasteiger partial charge < -0.3 is 15.3 Å². The average Bonchev–Trinajstić information content (AvgIpc) is 3.36. The third-order valence-electron chi connectivity index (χ3n) is 11.1. The van der Waals surface area contributed by atoms with E-state index in [4.69, 9.17) is 0 Å². The fourth-order valence-electron chi connectivity index (χ4n) is 9.02. The SMILES string of the molecule is CN1C(=O)C(C(=O)NC(c2ccccc2)C(O)c2ccccc2)C[C@@]2(C)C1=CC[C@@H]1[C@H]2CC[C@]2(C)CCC[C@@H]12. The highest BCUT2D eigenvalue weighted by molar-refractivity contribution is 6.02. The third kappa shape index (κ3) is 4.34. The Balaban J connectivity index is 1.29. The molecule has 4 aliphatic rings. The molecule has 0 spiro atoms. The van der Waals surface area contributed by atoms with Gasteiger partial charge in [-0.3, -0.25) is 9.59 Å². The van der Waals surface area contributed by atoms with Crippen LogP contribution in [-0.4, -0.2) is 28.9 Å². The fourth-order valence-corrected chi connectivity index (χ4v) is 9.02. The first-order chi connectivity index (χ1) is 18.7. The monoisotopic (exact) mass is 526 g/mol. The Bertz CT molecular complexity index is 1260. The number of nitrogens with one attached hydrogen (secondary N) is 1. The van der Waals surface area contributed by atoms with E-state index in [1.165, 1.54) is 32.1 Å². The molecule has 0 aromatic heterocycles. The first-order valence-corrected chi connectivity index (χ1v) is 14.8. The second-order valence-corrected chi connectivity index (χ2v) is 13.1. The van der Waals surface area contributed by atoms with Crippen LogP contribution in [0.2, 0.25) is 0 Å². The normalized spacial score (nSPS) is 35.2. The van der Waals surface area contributed by atoms with Gasteiger partial charge in [-0.25, -0.2) is 0 Å². The van der Waals surface area contributed by atoms with Crippen molar-refractivity contribution in [2.45, 2.75) is 70.9 Å². The number of carbonyl (C=O) groups is 2. The Kier molecular flexibility index (Phi) is 6.69. The number of nitrogens with zero attached hydrogens (tertiary/aromatic N) is 1. The molecule has 206 valence electrons. The molecule has 3 fully saturated rings. The molecule has 1 saturated heterocycles. The zero-order valence-corrected chi connectivity index (χ0v) is 23.5. The van der Waals surface area contributed by atoms with Gasteiger partial charge in [0.15, 0.2) is 0 Å². The quantitative estimate of drug-likeness (QED) is 0.457. The average molecular weight is 527 g/mol. The summed E-state index contributed by atoms with van der Waals surface area (Å²) in [6.07, 6.45) is 9.35. The smallest absolute Gasteiger partial charge is 0.239 e. The summed E-state index contributed by atoms with van der Waals surface area (Å²) in [5, 5.41) is 14.5. The molecule has 2 aromatic carbocycles. The van der Waals surface area contributed by atoms with Crippen LogP contribution in [-0.2, 0) is 9.59 Å². The van der Waals surface area contributed by atoms with E-state index in [0.717, 1.165) is 29.2 Å². The van der Waals surface area contributed by atoms with Gasteiger partial charge >= 0.3 is 0 Å². The number of allylic oxidation sites excluding steroid dienone is 2. The lowest BCUT2D eigenvalue weighted by atomic mass is 9.49. The number of aliphatic hydroxyl groups is 1. The summed E-state index contributed by atoms with van der Waals surface area (Å²) < 4.78 is 0. The van der Waals surface area contributed by atoms with Crippen molar-refractivity contribution in [1.82, 2.24) is 10.2 Å². The van der Waals surface area contributed by atoms with Crippen LogP contribution in [0.1, 0.15) is 82.1 Å². The number of piperidine rings is 1. The van der Waals surface area contributed by atoms with E-state index in [1.807, 2.05) is 67.7 Å². The van der Waals surface area contributed by atoms with Gasteiger partial charge in [-0.05, 0) is 72.8 Å². The summed E-state index contributed by atoms with van der Waals surface area (Å²) in [5.41, 5.74) is 2.90. The number of aliphatic hydroxyl groups excluding tert-OH is 1. The van der Waals surface area contributed by atoms with Crippen LogP contribution in [0, 0.1) is 34.5 Å². The molecule has 39 heavy (non-hydrogen) atoms. The van der Waals surface area contributed by atoms with E-state index >= 15 is 0 Å². The number of fused-ring (bicyclic) bond motifs is 5. The predicted octanol–water partition coefficient (Wildman–Crippen LogP) is 6.18. The molecule has 6 rings (SSSR count). The number of likely N-dealkylation sites (tertiary alicyclic amines) is 1. The van der Waals surface area contributed by atoms with E-state index in [1.54, 1.807) is 4.90 Å². The summed E-state index contributed by atoms with van der Waals surface area (Å²) in [5.74, 6) is 0.643. The van der Waals surface area contributed by atoms with E-state index in [-0.39, 0.29) is 17.2 Å². The highest BCUT2D eigenvalue weighted by atomic mass is 16.3. The van der Waals surface area contributed by atoms with Crippen molar-refractivity contribution in [2.75, 3.05) is 7.05 Å². The minimum atomic E-state index is -0.933. The van der Waals surface area contributed by atoms with E-state index in [0.29, 0.717) is 23.7 Å². The van der Waals surface area contributed by atoms with Crippen LogP contribution in [0.4, 0.5) is 0 Å². The maximum Gasteiger partial charge on any atom is 0.239 e. The van der Waals surface area contributed by atoms with Gasteiger partial charge in [-0.15, -0.1) is 0 Å². The lowest BCUT2D eigenvalue weighted by Crippen LogP contribution is -2.57.